The van der Waals surface area contributed by atoms with Crippen molar-refractivity contribution >= 4 is 5.57 Å². The average molecular weight is 353 g/mol. The Morgan fingerprint density at radius 2 is 1.92 bits per heavy atom. The van der Waals surface area contributed by atoms with Crippen LogP contribution in [0.4, 0.5) is 4.39 Å². The molecule has 0 saturated carbocycles. The molecular weight excluding hydrogens is 329 g/mol. The smallest absolute Gasteiger partial charge is 0.165 e. The number of rotatable bonds is 3. The van der Waals surface area contributed by atoms with Gasteiger partial charge in [0.1, 0.15) is 0 Å². The lowest BCUT2D eigenvalue weighted by molar-refractivity contribution is 0.265. The van der Waals surface area contributed by atoms with Crippen molar-refractivity contribution in [2.75, 3.05) is 26.7 Å². The van der Waals surface area contributed by atoms with Gasteiger partial charge in [-0.3, -0.25) is 0 Å². The summed E-state index contributed by atoms with van der Waals surface area (Å²) in [5, 5.41) is 0. The van der Waals surface area contributed by atoms with Crippen LogP contribution in [0.1, 0.15) is 18.4 Å². The summed E-state index contributed by atoms with van der Waals surface area (Å²) in [6.45, 7) is 2.79. The minimum absolute atomic E-state index is 0.269. The molecule has 0 radical (unpaired) electrons. The van der Waals surface area contributed by atoms with E-state index in [0.717, 1.165) is 49.3 Å². The van der Waals surface area contributed by atoms with Crippen LogP contribution in [0.25, 0.3) is 5.57 Å². The zero-order valence-electron chi connectivity index (χ0n) is 15.0. The van der Waals surface area contributed by atoms with E-state index in [1.807, 2.05) is 6.07 Å². The standard InChI is InChI=1S/C21H24FN3O/c1-26-21-5-2-15(13-20(21)22)16-6-9-25-14-19(4-3-18(25)12-16)24-10-7-17(23)8-11-24/h2-6,12-14,17H,7-11,23H2,1H3. The molecule has 26 heavy (non-hydrogen) atoms. The maximum absolute atomic E-state index is 14.0. The summed E-state index contributed by atoms with van der Waals surface area (Å²) in [6.07, 6.45) is 12.8. The van der Waals surface area contributed by atoms with Crippen molar-refractivity contribution in [2.45, 2.75) is 18.9 Å². The average Bonchev–Trinajstić information content (AvgIpc) is 2.67. The first-order valence-corrected chi connectivity index (χ1v) is 9.07. The molecule has 1 saturated heterocycles. The Kier molecular flexibility index (Phi) is 4.55. The van der Waals surface area contributed by atoms with Gasteiger partial charge in [0, 0.05) is 37.6 Å². The zero-order valence-corrected chi connectivity index (χ0v) is 15.0. The quantitative estimate of drug-likeness (QED) is 0.906. The highest BCUT2D eigenvalue weighted by Gasteiger charge is 2.21. The Morgan fingerprint density at radius 1 is 1.15 bits per heavy atom. The summed E-state index contributed by atoms with van der Waals surface area (Å²) in [5.41, 5.74) is 10.3. The molecular formula is C21H24FN3O. The molecule has 0 aromatic heterocycles. The monoisotopic (exact) mass is 353 g/mol. The molecule has 0 amide bonds. The number of methoxy groups -OCH3 is 1. The van der Waals surface area contributed by atoms with Gasteiger partial charge in [0.25, 0.3) is 0 Å². The maximum Gasteiger partial charge on any atom is 0.165 e. The number of nitrogens with zero attached hydrogens (tertiary/aromatic N) is 2. The summed E-state index contributed by atoms with van der Waals surface area (Å²) < 4.78 is 19.0. The number of likely N-dealkylation sites (tertiary alicyclic amines) is 1. The fourth-order valence-corrected chi connectivity index (χ4v) is 3.64. The molecule has 1 aromatic carbocycles. The van der Waals surface area contributed by atoms with Crippen molar-refractivity contribution in [1.82, 2.24) is 9.80 Å². The fourth-order valence-electron chi connectivity index (χ4n) is 3.64. The van der Waals surface area contributed by atoms with E-state index in [4.69, 9.17) is 10.5 Å². The number of ether oxygens (including phenoxy) is 1. The van der Waals surface area contributed by atoms with Crippen LogP contribution in [-0.4, -0.2) is 42.6 Å². The summed E-state index contributed by atoms with van der Waals surface area (Å²) in [5.74, 6) is -0.0674. The van der Waals surface area contributed by atoms with Crippen molar-refractivity contribution < 1.29 is 9.13 Å². The highest BCUT2D eigenvalue weighted by molar-refractivity contribution is 5.77. The Hall–Kier alpha value is -2.53. The number of hydrogen-bond acceptors (Lipinski definition) is 4. The topological polar surface area (TPSA) is 41.7 Å². The van der Waals surface area contributed by atoms with Gasteiger partial charge in [0.15, 0.2) is 11.6 Å². The number of allylic oxidation sites excluding steroid dienone is 4. The second-order valence-corrected chi connectivity index (χ2v) is 6.94. The molecule has 3 aliphatic rings. The van der Waals surface area contributed by atoms with Gasteiger partial charge in [-0.15, -0.1) is 0 Å². The number of halogens is 1. The van der Waals surface area contributed by atoms with Gasteiger partial charge in [0.05, 0.1) is 12.8 Å². The molecule has 1 aromatic rings. The number of piperidine rings is 1. The van der Waals surface area contributed by atoms with Crippen LogP contribution < -0.4 is 10.5 Å². The lowest BCUT2D eigenvalue weighted by Crippen LogP contribution is -2.39. The molecule has 2 N–H and O–H groups in total. The fraction of sp³-hybridized carbons (Fsp3) is 0.333. The third-order valence-corrected chi connectivity index (χ3v) is 5.25. The second kappa shape index (κ2) is 7.00. The molecule has 3 aliphatic heterocycles. The highest BCUT2D eigenvalue weighted by Crippen LogP contribution is 2.30. The van der Waals surface area contributed by atoms with Crippen molar-refractivity contribution in [1.29, 1.82) is 0 Å². The van der Waals surface area contributed by atoms with Crippen LogP contribution >= 0.6 is 0 Å². The van der Waals surface area contributed by atoms with Crippen molar-refractivity contribution in [3.8, 4) is 5.75 Å². The molecule has 5 heteroatoms. The summed E-state index contributed by atoms with van der Waals surface area (Å²) in [4.78, 5) is 4.63. The van der Waals surface area contributed by atoms with E-state index in [9.17, 15) is 4.39 Å². The summed E-state index contributed by atoms with van der Waals surface area (Å²) >= 11 is 0. The predicted molar refractivity (Wildman–Crippen MR) is 102 cm³/mol. The molecule has 0 spiro atoms. The molecule has 3 heterocycles. The number of benzene rings is 1. The van der Waals surface area contributed by atoms with Crippen LogP contribution in [0.15, 0.2) is 60.1 Å². The van der Waals surface area contributed by atoms with E-state index in [0.29, 0.717) is 6.04 Å². The zero-order chi connectivity index (χ0) is 18.1. The normalized spacial score (nSPS) is 20.3. The van der Waals surface area contributed by atoms with Gasteiger partial charge in [-0.1, -0.05) is 12.1 Å². The molecule has 4 nitrogen and oxygen atoms in total. The first kappa shape index (κ1) is 16.9. The third-order valence-electron chi connectivity index (χ3n) is 5.25. The number of nitrogens with two attached hydrogens (primary N) is 1. The summed E-state index contributed by atoms with van der Waals surface area (Å²) in [6, 6.07) is 5.43. The molecule has 0 bridgehead atoms. The third kappa shape index (κ3) is 3.27. The minimum Gasteiger partial charge on any atom is -0.494 e. The number of hydrogen-bond donors (Lipinski definition) is 1. The first-order chi connectivity index (χ1) is 12.6. The van der Waals surface area contributed by atoms with Crippen LogP contribution in [0.5, 0.6) is 5.75 Å². The second-order valence-electron chi connectivity index (χ2n) is 6.94. The SMILES string of the molecule is COc1ccc(C2=CCN3C=C(N4CCC(N)CC4)C=CC3=C2)cc1F. The highest BCUT2D eigenvalue weighted by atomic mass is 19.1. The Bertz CT molecular complexity index is 817. The Balaban J connectivity index is 1.51. The lowest BCUT2D eigenvalue weighted by Gasteiger charge is -2.36. The van der Waals surface area contributed by atoms with Gasteiger partial charge in [-0.2, -0.15) is 0 Å². The number of fused-ring (bicyclic) bond motifs is 1. The minimum atomic E-state index is -0.337. The van der Waals surface area contributed by atoms with Crippen LogP contribution in [0, 0.1) is 5.82 Å². The van der Waals surface area contributed by atoms with Crippen molar-refractivity contribution in [2.24, 2.45) is 5.73 Å². The van der Waals surface area contributed by atoms with E-state index < -0.39 is 0 Å². The molecule has 4 rings (SSSR count). The lowest BCUT2D eigenvalue weighted by atomic mass is 9.99. The largest absolute Gasteiger partial charge is 0.494 e. The van der Waals surface area contributed by atoms with Crippen molar-refractivity contribution in [3.05, 3.63) is 71.5 Å². The van der Waals surface area contributed by atoms with Gasteiger partial charge < -0.3 is 20.3 Å². The summed E-state index contributed by atoms with van der Waals surface area (Å²) in [7, 11) is 1.48. The van der Waals surface area contributed by atoms with Gasteiger partial charge in [-0.05, 0) is 54.3 Å². The van der Waals surface area contributed by atoms with E-state index >= 15 is 0 Å². The van der Waals surface area contributed by atoms with E-state index in [1.165, 1.54) is 18.9 Å². The van der Waals surface area contributed by atoms with Gasteiger partial charge in [0.2, 0.25) is 0 Å². The first-order valence-electron chi connectivity index (χ1n) is 9.07. The molecule has 0 unspecified atom stereocenters. The van der Waals surface area contributed by atoms with Crippen LogP contribution in [0.3, 0.4) is 0 Å². The Morgan fingerprint density at radius 3 is 2.65 bits per heavy atom. The molecule has 136 valence electrons. The van der Waals surface area contributed by atoms with Gasteiger partial charge >= 0.3 is 0 Å². The van der Waals surface area contributed by atoms with E-state index in [-0.39, 0.29) is 11.6 Å². The maximum atomic E-state index is 14.0. The molecule has 0 aliphatic carbocycles. The Labute approximate surface area is 153 Å². The van der Waals surface area contributed by atoms with Crippen LogP contribution in [0.2, 0.25) is 0 Å². The van der Waals surface area contributed by atoms with E-state index in [1.54, 1.807) is 6.07 Å². The predicted octanol–water partition coefficient (Wildman–Crippen LogP) is 3.25. The van der Waals surface area contributed by atoms with Crippen molar-refractivity contribution in [3.63, 3.8) is 0 Å². The molecule has 1 fully saturated rings. The molecule has 0 atom stereocenters. The van der Waals surface area contributed by atoms with E-state index in [2.05, 4.69) is 40.3 Å². The van der Waals surface area contributed by atoms with Gasteiger partial charge in [-0.25, -0.2) is 4.39 Å². The van der Waals surface area contributed by atoms with Crippen LogP contribution in [-0.2, 0) is 0 Å².